The van der Waals surface area contributed by atoms with Crippen molar-refractivity contribution < 1.29 is 9.47 Å². The van der Waals surface area contributed by atoms with E-state index in [1.165, 1.54) is 0 Å². The third-order valence-electron chi connectivity index (χ3n) is 3.37. The number of pyridine rings is 1. The summed E-state index contributed by atoms with van der Waals surface area (Å²) in [5, 5.41) is 6.50. The molecule has 1 aromatic carbocycles. The zero-order valence-corrected chi connectivity index (χ0v) is 17.8. The number of rotatable bonds is 8. The molecule has 6 nitrogen and oxygen atoms in total. The van der Waals surface area contributed by atoms with Crippen molar-refractivity contribution in [2.24, 2.45) is 4.99 Å². The van der Waals surface area contributed by atoms with Gasteiger partial charge in [-0.2, -0.15) is 0 Å². The second-order valence-electron chi connectivity index (χ2n) is 5.41. The van der Waals surface area contributed by atoms with Crippen LogP contribution in [-0.2, 0) is 6.54 Å². The molecule has 2 rings (SSSR count). The SMILES string of the molecule is CCCNC(=NCc1ccc(Oc2cccc(OC)c2)nc1)NCC.I. The van der Waals surface area contributed by atoms with Crippen LogP contribution in [0.5, 0.6) is 17.4 Å². The Morgan fingerprint density at radius 3 is 2.58 bits per heavy atom. The number of methoxy groups -OCH3 is 1. The Morgan fingerprint density at radius 2 is 1.92 bits per heavy atom. The maximum Gasteiger partial charge on any atom is 0.219 e. The molecular formula is C19H27IN4O2. The van der Waals surface area contributed by atoms with Gasteiger partial charge in [0.25, 0.3) is 0 Å². The molecule has 7 heteroatoms. The first kappa shape index (κ1) is 22.0. The molecule has 1 aromatic heterocycles. The summed E-state index contributed by atoms with van der Waals surface area (Å²) in [6.07, 6.45) is 2.84. The number of benzene rings is 1. The molecule has 0 bridgehead atoms. The number of hydrogen-bond donors (Lipinski definition) is 2. The van der Waals surface area contributed by atoms with E-state index >= 15 is 0 Å². The number of ether oxygens (including phenoxy) is 2. The lowest BCUT2D eigenvalue weighted by Gasteiger charge is -2.10. The van der Waals surface area contributed by atoms with E-state index in [2.05, 4.69) is 34.5 Å². The van der Waals surface area contributed by atoms with Gasteiger partial charge in [0.05, 0.1) is 13.7 Å². The topological polar surface area (TPSA) is 67.8 Å². The van der Waals surface area contributed by atoms with Crippen LogP contribution in [0.1, 0.15) is 25.8 Å². The van der Waals surface area contributed by atoms with E-state index in [9.17, 15) is 0 Å². The number of guanidine groups is 1. The molecule has 2 aromatic rings. The molecule has 0 atom stereocenters. The number of aromatic nitrogens is 1. The van der Waals surface area contributed by atoms with Crippen LogP contribution >= 0.6 is 24.0 Å². The van der Waals surface area contributed by atoms with Crippen molar-refractivity contribution in [1.29, 1.82) is 0 Å². The summed E-state index contributed by atoms with van der Waals surface area (Å²) in [6.45, 7) is 6.47. The summed E-state index contributed by atoms with van der Waals surface area (Å²) in [6, 6.07) is 11.2. The Bertz CT molecular complexity index is 677. The molecule has 0 aliphatic rings. The van der Waals surface area contributed by atoms with Crippen LogP contribution in [-0.4, -0.2) is 31.1 Å². The van der Waals surface area contributed by atoms with Crippen LogP contribution in [0, 0.1) is 0 Å². The molecule has 0 saturated carbocycles. The van der Waals surface area contributed by atoms with Crippen LogP contribution in [0.25, 0.3) is 0 Å². The molecule has 0 fully saturated rings. The molecule has 0 unspecified atom stereocenters. The third kappa shape index (κ3) is 7.47. The zero-order chi connectivity index (χ0) is 17.9. The minimum absolute atomic E-state index is 0. The molecule has 0 radical (unpaired) electrons. The molecule has 0 saturated heterocycles. The van der Waals surface area contributed by atoms with Gasteiger partial charge in [-0.05, 0) is 31.0 Å². The van der Waals surface area contributed by atoms with E-state index in [-0.39, 0.29) is 24.0 Å². The third-order valence-corrected chi connectivity index (χ3v) is 3.37. The van der Waals surface area contributed by atoms with Gasteiger partial charge < -0.3 is 20.1 Å². The van der Waals surface area contributed by atoms with Crippen molar-refractivity contribution >= 4 is 29.9 Å². The predicted molar refractivity (Wildman–Crippen MR) is 116 cm³/mol. The quantitative estimate of drug-likeness (QED) is 0.347. The summed E-state index contributed by atoms with van der Waals surface area (Å²) < 4.78 is 10.9. The molecule has 0 amide bonds. The van der Waals surface area contributed by atoms with Crippen LogP contribution < -0.4 is 20.1 Å². The van der Waals surface area contributed by atoms with Crippen LogP contribution in [0.15, 0.2) is 47.6 Å². The Hall–Kier alpha value is -2.03. The fourth-order valence-electron chi connectivity index (χ4n) is 2.11. The van der Waals surface area contributed by atoms with Gasteiger partial charge in [0.15, 0.2) is 5.96 Å². The van der Waals surface area contributed by atoms with Crippen molar-refractivity contribution in [1.82, 2.24) is 15.6 Å². The van der Waals surface area contributed by atoms with Crippen molar-refractivity contribution in [3.05, 3.63) is 48.2 Å². The first-order valence-electron chi connectivity index (χ1n) is 8.54. The summed E-state index contributed by atoms with van der Waals surface area (Å²) >= 11 is 0. The summed E-state index contributed by atoms with van der Waals surface area (Å²) in [5.74, 6) is 2.80. The first-order chi connectivity index (χ1) is 12.2. The van der Waals surface area contributed by atoms with E-state index in [1.54, 1.807) is 13.3 Å². The van der Waals surface area contributed by atoms with Gasteiger partial charge in [-0.25, -0.2) is 9.98 Å². The van der Waals surface area contributed by atoms with E-state index in [0.29, 0.717) is 18.2 Å². The maximum atomic E-state index is 5.74. The second kappa shape index (κ2) is 12.3. The zero-order valence-electron chi connectivity index (χ0n) is 15.5. The fourth-order valence-corrected chi connectivity index (χ4v) is 2.11. The Morgan fingerprint density at radius 1 is 1.12 bits per heavy atom. The lowest BCUT2D eigenvalue weighted by atomic mass is 10.3. The minimum atomic E-state index is 0. The van der Waals surface area contributed by atoms with Crippen molar-refractivity contribution in [3.63, 3.8) is 0 Å². The van der Waals surface area contributed by atoms with Gasteiger partial charge in [-0.1, -0.05) is 19.1 Å². The lowest BCUT2D eigenvalue weighted by Crippen LogP contribution is -2.37. The summed E-state index contributed by atoms with van der Waals surface area (Å²) in [7, 11) is 1.63. The van der Waals surface area contributed by atoms with Gasteiger partial charge in [-0.15, -0.1) is 24.0 Å². The predicted octanol–water partition coefficient (Wildman–Crippen LogP) is 3.97. The van der Waals surface area contributed by atoms with E-state index < -0.39 is 0 Å². The van der Waals surface area contributed by atoms with Crippen LogP contribution in [0.3, 0.4) is 0 Å². The van der Waals surface area contributed by atoms with Gasteiger partial charge >= 0.3 is 0 Å². The number of nitrogens with zero attached hydrogens (tertiary/aromatic N) is 2. The smallest absolute Gasteiger partial charge is 0.219 e. The molecule has 0 spiro atoms. The highest BCUT2D eigenvalue weighted by atomic mass is 127. The van der Waals surface area contributed by atoms with Crippen LogP contribution in [0.2, 0.25) is 0 Å². The summed E-state index contributed by atoms with van der Waals surface area (Å²) in [4.78, 5) is 8.90. The normalized spacial score (nSPS) is 10.7. The molecule has 1 heterocycles. The second-order valence-corrected chi connectivity index (χ2v) is 5.41. The standard InChI is InChI=1S/C19H26N4O2.HI/c1-4-11-21-19(20-5-2)23-14-15-9-10-18(22-13-15)25-17-8-6-7-16(12-17)24-3;/h6-10,12-13H,4-5,11,14H2,1-3H3,(H2,20,21,23);1H. The number of aliphatic imine (C=N–C) groups is 1. The van der Waals surface area contributed by atoms with Gasteiger partial charge in [-0.3, -0.25) is 0 Å². The fraction of sp³-hybridized carbons (Fsp3) is 0.368. The molecule has 142 valence electrons. The van der Waals surface area contributed by atoms with Gasteiger partial charge in [0.2, 0.25) is 5.88 Å². The van der Waals surface area contributed by atoms with E-state index in [4.69, 9.17) is 9.47 Å². The highest BCUT2D eigenvalue weighted by Gasteiger charge is 2.02. The first-order valence-corrected chi connectivity index (χ1v) is 8.54. The largest absolute Gasteiger partial charge is 0.497 e. The summed E-state index contributed by atoms with van der Waals surface area (Å²) in [5.41, 5.74) is 1.02. The van der Waals surface area contributed by atoms with E-state index in [1.807, 2.05) is 36.4 Å². The van der Waals surface area contributed by atoms with Gasteiger partial charge in [0.1, 0.15) is 11.5 Å². The highest BCUT2D eigenvalue weighted by molar-refractivity contribution is 14.0. The van der Waals surface area contributed by atoms with Crippen molar-refractivity contribution in [3.8, 4) is 17.4 Å². The number of nitrogens with one attached hydrogen (secondary N) is 2. The number of halogens is 1. The monoisotopic (exact) mass is 470 g/mol. The Balaban J connectivity index is 0.00000338. The maximum absolute atomic E-state index is 5.74. The number of hydrogen-bond acceptors (Lipinski definition) is 4. The van der Waals surface area contributed by atoms with Crippen LogP contribution in [0.4, 0.5) is 0 Å². The van der Waals surface area contributed by atoms with Gasteiger partial charge in [0, 0.05) is 31.4 Å². The average Bonchev–Trinajstić information content (AvgIpc) is 2.65. The van der Waals surface area contributed by atoms with Crippen molar-refractivity contribution in [2.75, 3.05) is 20.2 Å². The molecule has 0 aliphatic carbocycles. The Kier molecular flexibility index (Phi) is 10.5. The lowest BCUT2D eigenvalue weighted by molar-refractivity contribution is 0.407. The van der Waals surface area contributed by atoms with Crippen molar-refractivity contribution in [2.45, 2.75) is 26.8 Å². The molecular weight excluding hydrogens is 443 g/mol. The van der Waals surface area contributed by atoms with E-state index in [0.717, 1.165) is 36.8 Å². The highest BCUT2D eigenvalue weighted by Crippen LogP contribution is 2.23. The average molecular weight is 470 g/mol. The molecule has 0 aliphatic heterocycles. The molecule has 26 heavy (non-hydrogen) atoms. The Labute approximate surface area is 172 Å². The minimum Gasteiger partial charge on any atom is -0.497 e. The molecule has 2 N–H and O–H groups in total.